The SMILES string of the molecule is CCN(CC)c1cc(Cl)nc(SCc2ccc(C(=O)NCCN(C)C)cc2)n1. The fourth-order valence-electron chi connectivity index (χ4n) is 2.55. The zero-order valence-electron chi connectivity index (χ0n) is 16.9. The molecule has 0 atom stereocenters. The number of hydrogen-bond acceptors (Lipinski definition) is 6. The van der Waals surface area contributed by atoms with Crippen LogP contribution in [0, 0.1) is 0 Å². The molecule has 1 amide bonds. The second-order valence-corrected chi connectivity index (χ2v) is 7.88. The second-order valence-electron chi connectivity index (χ2n) is 6.55. The predicted molar refractivity (Wildman–Crippen MR) is 117 cm³/mol. The van der Waals surface area contributed by atoms with Crippen LogP contribution in [-0.4, -0.2) is 61.0 Å². The maximum Gasteiger partial charge on any atom is 0.251 e. The lowest BCUT2D eigenvalue weighted by molar-refractivity contribution is 0.0951. The van der Waals surface area contributed by atoms with Crippen LogP contribution < -0.4 is 10.2 Å². The third-order valence-electron chi connectivity index (χ3n) is 4.18. The smallest absolute Gasteiger partial charge is 0.251 e. The summed E-state index contributed by atoms with van der Waals surface area (Å²) in [6.07, 6.45) is 0. The standard InChI is InChI=1S/C20H28ClN5OS/c1-5-26(6-2)18-13-17(21)23-20(24-18)28-14-15-7-9-16(10-8-15)19(27)22-11-12-25(3)4/h7-10,13H,5-6,11-12,14H2,1-4H3,(H,22,27). The number of carbonyl (C=O) groups is 1. The van der Waals surface area contributed by atoms with Gasteiger partial charge in [0, 0.05) is 43.6 Å². The van der Waals surface area contributed by atoms with Gasteiger partial charge in [0.15, 0.2) is 5.16 Å². The highest BCUT2D eigenvalue weighted by molar-refractivity contribution is 7.98. The molecule has 0 saturated carbocycles. The largest absolute Gasteiger partial charge is 0.357 e. The first-order valence-corrected chi connectivity index (χ1v) is 10.7. The zero-order chi connectivity index (χ0) is 20.5. The van der Waals surface area contributed by atoms with Crippen LogP contribution >= 0.6 is 23.4 Å². The van der Waals surface area contributed by atoms with Gasteiger partial charge in [-0.3, -0.25) is 4.79 Å². The molecule has 1 aromatic heterocycles. The van der Waals surface area contributed by atoms with Gasteiger partial charge in [0.1, 0.15) is 11.0 Å². The van der Waals surface area contributed by atoms with E-state index in [1.807, 2.05) is 43.3 Å². The van der Waals surface area contributed by atoms with Crippen LogP contribution in [0.3, 0.4) is 0 Å². The van der Waals surface area contributed by atoms with Crippen LogP contribution in [-0.2, 0) is 5.75 Å². The normalized spacial score (nSPS) is 10.9. The third-order valence-corrected chi connectivity index (χ3v) is 5.29. The first kappa shape index (κ1) is 22.5. The Labute approximate surface area is 176 Å². The summed E-state index contributed by atoms with van der Waals surface area (Å²) < 4.78 is 0. The molecule has 0 radical (unpaired) electrons. The van der Waals surface area contributed by atoms with Gasteiger partial charge in [-0.05, 0) is 45.6 Å². The minimum Gasteiger partial charge on any atom is -0.357 e. The van der Waals surface area contributed by atoms with Crippen LogP contribution in [0.4, 0.5) is 5.82 Å². The van der Waals surface area contributed by atoms with Crippen LogP contribution in [0.1, 0.15) is 29.8 Å². The van der Waals surface area contributed by atoms with E-state index in [9.17, 15) is 4.79 Å². The summed E-state index contributed by atoms with van der Waals surface area (Å²) in [5, 5.41) is 4.02. The molecule has 0 bridgehead atoms. The van der Waals surface area contributed by atoms with Gasteiger partial charge in [-0.25, -0.2) is 9.97 Å². The van der Waals surface area contributed by atoms with E-state index in [2.05, 4.69) is 34.0 Å². The Bertz CT molecular complexity index is 766. The lowest BCUT2D eigenvalue weighted by Crippen LogP contribution is -2.31. The minimum atomic E-state index is -0.0527. The Morgan fingerprint density at radius 3 is 2.43 bits per heavy atom. The van der Waals surface area contributed by atoms with Crippen molar-refractivity contribution in [2.24, 2.45) is 0 Å². The molecule has 152 valence electrons. The minimum absolute atomic E-state index is 0.0527. The Hall–Kier alpha value is -1.83. The van der Waals surface area contributed by atoms with Crippen LogP contribution in [0.5, 0.6) is 0 Å². The fourth-order valence-corrected chi connectivity index (χ4v) is 3.59. The highest BCUT2D eigenvalue weighted by atomic mass is 35.5. The van der Waals surface area contributed by atoms with Crippen molar-refractivity contribution >= 4 is 35.1 Å². The maximum atomic E-state index is 12.1. The first-order chi connectivity index (χ1) is 13.4. The number of halogens is 1. The lowest BCUT2D eigenvalue weighted by Gasteiger charge is -2.20. The summed E-state index contributed by atoms with van der Waals surface area (Å²) in [4.78, 5) is 25.2. The monoisotopic (exact) mass is 421 g/mol. The summed E-state index contributed by atoms with van der Waals surface area (Å²) in [6.45, 7) is 7.35. The van der Waals surface area contributed by atoms with Crippen molar-refractivity contribution in [1.29, 1.82) is 0 Å². The summed E-state index contributed by atoms with van der Waals surface area (Å²) in [5.41, 5.74) is 1.76. The Morgan fingerprint density at radius 2 is 1.82 bits per heavy atom. The van der Waals surface area contributed by atoms with Crippen molar-refractivity contribution in [1.82, 2.24) is 20.2 Å². The molecule has 1 heterocycles. The topological polar surface area (TPSA) is 61.4 Å². The van der Waals surface area contributed by atoms with Crippen LogP contribution in [0.25, 0.3) is 0 Å². The molecule has 0 aliphatic heterocycles. The molecule has 28 heavy (non-hydrogen) atoms. The maximum absolute atomic E-state index is 12.1. The van der Waals surface area contributed by atoms with E-state index in [0.717, 1.165) is 31.0 Å². The lowest BCUT2D eigenvalue weighted by atomic mass is 10.1. The van der Waals surface area contributed by atoms with Gasteiger partial charge in [-0.1, -0.05) is 35.5 Å². The van der Waals surface area contributed by atoms with Gasteiger partial charge in [0.25, 0.3) is 5.91 Å². The highest BCUT2D eigenvalue weighted by Crippen LogP contribution is 2.24. The van der Waals surface area contributed by atoms with Crippen molar-refractivity contribution in [2.75, 3.05) is 45.2 Å². The van der Waals surface area contributed by atoms with Crippen molar-refractivity contribution in [3.63, 3.8) is 0 Å². The van der Waals surface area contributed by atoms with E-state index in [1.54, 1.807) is 6.07 Å². The summed E-state index contributed by atoms with van der Waals surface area (Å²) >= 11 is 7.70. The van der Waals surface area contributed by atoms with Crippen LogP contribution in [0.15, 0.2) is 35.5 Å². The molecule has 0 saturated heterocycles. The number of carbonyl (C=O) groups excluding carboxylic acids is 1. The Balaban J connectivity index is 1.95. The molecule has 0 fully saturated rings. The molecule has 2 rings (SSSR count). The summed E-state index contributed by atoms with van der Waals surface area (Å²) in [6, 6.07) is 9.41. The number of thioether (sulfide) groups is 1. The summed E-state index contributed by atoms with van der Waals surface area (Å²) in [7, 11) is 3.96. The number of nitrogens with one attached hydrogen (secondary N) is 1. The van der Waals surface area contributed by atoms with Gasteiger partial charge in [0.05, 0.1) is 0 Å². The van der Waals surface area contributed by atoms with E-state index < -0.39 is 0 Å². The van der Waals surface area contributed by atoms with E-state index in [1.165, 1.54) is 11.8 Å². The van der Waals surface area contributed by atoms with Gasteiger partial charge < -0.3 is 15.1 Å². The van der Waals surface area contributed by atoms with Crippen molar-refractivity contribution in [3.05, 3.63) is 46.6 Å². The van der Waals surface area contributed by atoms with Gasteiger partial charge in [-0.2, -0.15) is 0 Å². The quantitative estimate of drug-likeness (QED) is 0.359. The molecule has 0 aliphatic rings. The van der Waals surface area contributed by atoms with Crippen molar-refractivity contribution in [3.8, 4) is 0 Å². The molecule has 1 N–H and O–H groups in total. The number of rotatable bonds is 10. The molecular weight excluding hydrogens is 394 g/mol. The molecular formula is C20H28ClN5OS. The number of hydrogen-bond donors (Lipinski definition) is 1. The molecule has 6 nitrogen and oxygen atoms in total. The van der Waals surface area contributed by atoms with Crippen LogP contribution in [0.2, 0.25) is 5.15 Å². The fraction of sp³-hybridized carbons (Fsp3) is 0.450. The van der Waals surface area contributed by atoms with E-state index in [0.29, 0.717) is 28.2 Å². The Kier molecular flexibility index (Phi) is 9.02. The molecule has 0 aliphatic carbocycles. The third kappa shape index (κ3) is 6.96. The second kappa shape index (κ2) is 11.2. The van der Waals surface area contributed by atoms with Crippen molar-refractivity contribution in [2.45, 2.75) is 24.8 Å². The number of aromatic nitrogens is 2. The number of nitrogens with zero attached hydrogens (tertiary/aromatic N) is 4. The average Bonchev–Trinajstić information content (AvgIpc) is 2.67. The van der Waals surface area contributed by atoms with Crippen molar-refractivity contribution < 1.29 is 4.79 Å². The number of benzene rings is 1. The first-order valence-electron chi connectivity index (χ1n) is 9.37. The number of amides is 1. The molecule has 0 spiro atoms. The molecule has 8 heteroatoms. The van der Waals surface area contributed by atoms with Gasteiger partial charge >= 0.3 is 0 Å². The van der Waals surface area contributed by atoms with E-state index >= 15 is 0 Å². The zero-order valence-corrected chi connectivity index (χ0v) is 18.5. The van der Waals surface area contributed by atoms with E-state index in [4.69, 9.17) is 11.6 Å². The number of anilines is 1. The Morgan fingerprint density at radius 1 is 1.14 bits per heavy atom. The van der Waals surface area contributed by atoms with E-state index in [-0.39, 0.29) is 5.91 Å². The predicted octanol–water partition coefficient (Wildman–Crippen LogP) is 3.56. The number of likely N-dealkylation sites (N-methyl/N-ethyl adjacent to an activating group) is 1. The van der Waals surface area contributed by atoms with Gasteiger partial charge in [0.2, 0.25) is 0 Å². The molecule has 1 aromatic carbocycles. The highest BCUT2D eigenvalue weighted by Gasteiger charge is 2.10. The molecule has 0 unspecified atom stereocenters. The summed E-state index contributed by atoms with van der Waals surface area (Å²) in [5.74, 6) is 1.50. The average molecular weight is 422 g/mol. The van der Waals surface area contributed by atoms with Gasteiger partial charge in [-0.15, -0.1) is 0 Å². The molecule has 2 aromatic rings.